The molecule has 120 valence electrons. The highest BCUT2D eigenvalue weighted by atomic mass is 16.5. The number of fused-ring (bicyclic) bond motifs is 1. The predicted molar refractivity (Wildman–Crippen MR) is 82.3 cm³/mol. The van der Waals surface area contributed by atoms with Crippen molar-refractivity contribution in [2.24, 2.45) is 5.73 Å². The van der Waals surface area contributed by atoms with Crippen LogP contribution in [0.25, 0.3) is 11.2 Å². The number of hydrogen-bond acceptors (Lipinski definition) is 6. The first-order valence-corrected chi connectivity index (χ1v) is 6.88. The molecule has 4 N–H and O–H groups in total. The monoisotopic (exact) mass is 315 g/mol. The van der Waals surface area contributed by atoms with Crippen molar-refractivity contribution in [3.63, 3.8) is 0 Å². The molecule has 0 bridgehead atoms. The number of ether oxygens (including phenoxy) is 1. The van der Waals surface area contributed by atoms with E-state index in [2.05, 4.69) is 15.0 Å². The lowest BCUT2D eigenvalue weighted by Gasteiger charge is -2.16. The average molecular weight is 315 g/mol. The number of rotatable bonds is 6. The van der Waals surface area contributed by atoms with Crippen LogP contribution in [0.15, 0.2) is 24.0 Å². The highest BCUT2D eigenvalue weighted by Gasteiger charge is 2.15. The molecule has 2 aromatic heterocycles. The van der Waals surface area contributed by atoms with Gasteiger partial charge >= 0.3 is 0 Å². The molecule has 2 aromatic rings. The van der Waals surface area contributed by atoms with E-state index >= 15 is 0 Å². The first-order chi connectivity index (χ1) is 10.8. The molecule has 0 spiro atoms. The van der Waals surface area contributed by atoms with Crippen LogP contribution in [0.2, 0.25) is 0 Å². The van der Waals surface area contributed by atoms with E-state index in [9.17, 15) is 9.90 Å². The van der Waals surface area contributed by atoms with Gasteiger partial charge in [0, 0.05) is 11.8 Å². The number of nitrogens with one attached hydrogen (secondary N) is 1. The fourth-order valence-electron chi connectivity index (χ4n) is 1.82. The second-order valence-electron chi connectivity index (χ2n) is 5.62. The third kappa shape index (κ3) is 4.28. The Morgan fingerprint density at radius 2 is 2.35 bits per heavy atom. The number of carbonyl (C=O) groups excluding carboxylic acids is 1. The van der Waals surface area contributed by atoms with Crippen LogP contribution >= 0.6 is 0 Å². The summed E-state index contributed by atoms with van der Waals surface area (Å²) in [6.45, 7) is 3.32. The van der Waals surface area contributed by atoms with Crippen molar-refractivity contribution in [1.29, 1.82) is 5.26 Å². The Bertz CT molecular complexity index is 796. The number of H-pyrrole nitrogens is 1. The Balaban J connectivity index is 2.25. The van der Waals surface area contributed by atoms with Gasteiger partial charge in [-0.25, -0.2) is 9.97 Å². The van der Waals surface area contributed by atoms with Crippen molar-refractivity contribution in [1.82, 2.24) is 15.0 Å². The fourth-order valence-corrected chi connectivity index (χ4v) is 1.82. The quantitative estimate of drug-likeness (QED) is 0.526. The largest absolute Gasteiger partial charge is 0.474 e. The number of amides is 1. The van der Waals surface area contributed by atoms with Crippen molar-refractivity contribution in [3.8, 4) is 11.9 Å². The Labute approximate surface area is 132 Å². The Morgan fingerprint density at radius 1 is 1.61 bits per heavy atom. The van der Waals surface area contributed by atoms with Crippen LogP contribution in [-0.2, 0) is 11.2 Å². The van der Waals surface area contributed by atoms with E-state index in [0.717, 1.165) is 5.56 Å². The van der Waals surface area contributed by atoms with Crippen molar-refractivity contribution in [2.75, 3.05) is 6.61 Å². The summed E-state index contributed by atoms with van der Waals surface area (Å²) in [5.74, 6) is -0.493. The summed E-state index contributed by atoms with van der Waals surface area (Å²) in [7, 11) is 0. The summed E-state index contributed by atoms with van der Waals surface area (Å²) in [5, 5.41) is 18.5. The number of allylic oxidation sites excluding steroid dienone is 1. The highest BCUT2D eigenvalue weighted by molar-refractivity contribution is 5.95. The molecule has 2 heterocycles. The normalized spacial score (nSPS) is 12.2. The van der Waals surface area contributed by atoms with Crippen molar-refractivity contribution < 1.29 is 14.6 Å². The molecular weight excluding hydrogens is 298 g/mol. The van der Waals surface area contributed by atoms with Gasteiger partial charge in [0.1, 0.15) is 23.8 Å². The van der Waals surface area contributed by atoms with Crippen LogP contribution in [0.3, 0.4) is 0 Å². The van der Waals surface area contributed by atoms with Gasteiger partial charge in [0.2, 0.25) is 5.88 Å². The molecule has 8 heteroatoms. The summed E-state index contributed by atoms with van der Waals surface area (Å²) < 4.78 is 5.41. The summed E-state index contributed by atoms with van der Waals surface area (Å²) in [6.07, 6.45) is 4.89. The first-order valence-electron chi connectivity index (χ1n) is 6.88. The zero-order valence-corrected chi connectivity index (χ0v) is 12.8. The van der Waals surface area contributed by atoms with Gasteiger partial charge in [0.15, 0.2) is 5.65 Å². The van der Waals surface area contributed by atoms with Crippen molar-refractivity contribution in [2.45, 2.75) is 25.9 Å². The molecule has 0 aliphatic rings. The number of aromatic nitrogens is 3. The number of aliphatic hydroxyl groups is 1. The molecule has 0 saturated heterocycles. The van der Waals surface area contributed by atoms with Gasteiger partial charge in [-0.15, -0.1) is 0 Å². The van der Waals surface area contributed by atoms with Gasteiger partial charge in [-0.05, 0) is 20.3 Å². The highest BCUT2D eigenvalue weighted by Crippen LogP contribution is 2.19. The lowest BCUT2D eigenvalue weighted by molar-refractivity contribution is -0.114. The number of carbonyl (C=O) groups is 1. The van der Waals surface area contributed by atoms with Crippen LogP contribution in [-0.4, -0.2) is 38.2 Å². The van der Waals surface area contributed by atoms with Crippen LogP contribution < -0.4 is 10.5 Å². The lowest BCUT2D eigenvalue weighted by Crippen LogP contribution is -2.28. The summed E-state index contributed by atoms with van der Waals surface area (Å²) in [4.78, 5) is 22.5. The average Bonchev–Trinajstić information content (AvgIpc) is 2.87. The fraction of sp³-hybridized carbons (Fsp3) is 0.333. The van der Waals surface area contributed by atoms with Crippen LogP contribution in [0, 0.1) is 11.3 Å². The SMILES string of the molecule is CC(C)(O)COc1cnc2[nH]cc(CC=C(C#N)C(N)=O)c2n1. The molecule has 0 atom stereocenters. The van der Waals surface area contributed by atoms with Gasteiger partial charge in [-0.3, -0.25) is 4.79 Å². The van der Waals surface area contributed by atoms with E-state index in [1.54, 1.807) is 26.1 Å². The Kier molecular flexibility index (Phi) is 4.62. The zero-order valence-electron chi connectivity index (χ0n) is 12.8. The van der Waals surface area contributed by atoms with Gasteiger partial charge in [0.05, 0.1) is 11.8 Å². The van der Waals surface area contributed by atoms with Crippen LogP contribution in [0.4, 0.5) is 0 Å². The molecule has 0 radical (unpaired) electrons. The number of primary amides is 1. The molecule has 0 aliphatic heterocycles. The summed E-state index contributed by atoms with van der Waals surface area (Å²) in [6, 6.07) is 1.75. The standard InChI is InChI=1S/C15H17N5O3/c1-15(2,22)8-23-11-7-19-14-12(20-11)10(6-18-14)4-3-9(5-16)13(17)21/h3,6-7,22H,4,8H2,1-2H3,(H2,17,21)(H,18,19). The zero-order chi connectivity index (χ0) is 17.0. The molecule has 8 nitrogen and oxygen atoms in total. The second-order valence-corrected chi connectivity index (χ2v) is 5.62. The minimum Gasteiger partial charge on any atom is -0.474 e. The number of nitrogens with two attached hydrogens (primary N) is 1. The van der Waals surface area contributed by atoms with Crippen molar-refractivity contribution >= 4 is 17.1 Å². The van der Waals surface area contributed by atoms with Gasteiger partial charge < -0.3 is 20.6 Å². The first kappa shape index (κ1) is 16.5. The van der Waals surface area contributed by atoms with E-state index in [1.807, 2.05) is 0 Å². The molecule has 0 fully saturated rings. The topological polar surface area (TPSA) is 138 Å². The van der Waals surface area contributed by atoms with Crippen LogP contribution in [0.1, 0.15) is 19.4 Å². The molecular formula is C15H17N5O3. The number of nitrogens with zero attached hydrogens (tertiary/aromatic N) is 3. The Hall–Kier alpha value is -2.92. The number of aromatic amines is 1. The number of hydrogen-bond donors (Lipinski definition) is 3. The molecule has 0 unspecified atom stereocenters. The van der Waals surface area contributed by atoms with Gasteiger partial charge in [-0.1, -0.05) is 6.08 Å². The molecule has 0 aliphatic carbocycles. The maximum atomic E-state index is 11.0. The molecule has 1 amide bonds. The predicted octanol–water partition coefficient (Wildman–Crippen LogP) is 0.585. The lowest BCUT2D eigenvalue weighted by atomic mass is 10.1. The molecule has 0 aromatic carbocycles. The third-order valence-electron chi connectivity index (χ3n) is 2.92. The number of nitriles is 1. The minimum atomic E-state index is -0.983. The van der Waals surface area contributed by atoms with E-state index in [1.165, 1.54) is 12.3 Å². The molecule has 23 heavy (non-hydrogen) atoms. The second kappa shape index (κ2) is 6.46. The smallest absolute Gasteiger partial charge is 0.259 e. The Morgan fingerprint density at radius 3 is 2.96 bits per heavy atom. The molecule has 2 rings (SSSR count). The maximum absolute atomic E-state index is 11.0. The van der Waals surface area contributed by atoms with E-state index < -0.39 is 11.5 Å². The van der Waals surface area contributed by atoms with E-state index in [0.29, 0.717) is 17.6 Å². The van der Waals surface area contributed by atoms with Gasteiger partial charge in [0.25, 0.3) is 5.91 Å². The van der Waals surface area contributed by atoms with Crippen molar-refractivity contribution in [3.05, 3.63) is 29.6 Å². The summed E-state index contributed by atoms with van der Waals surface area (Å²) >= 11 is 0. The summed E-state index contributed by atoms with van der Waals surface area (Å²) in [5.41, 5.74) is 5.87. The minimum absolute atomic E-state index is 0.0765. The molecule has 0 saturated carbocycles. The van der Waals surface area contributed by atoms with Gasteiger partial charge in [-0.2, -0.15) is 5.26 Å². The third-order valence-corrected chi connectivity index (χ3v) is 2.92. The van der Waals surface area contributed by atoms with E-state index in [-0.39, 0.29) is 18.1 Å². The van der Waals surface area contributed by atoms with Crippen LogP contribution in [0.5, 0.6) is 5.88 Å². The maximum Gasteiger partial charge on any atom is 0.259 e. The van der Waals surface area contributed by atoms with E-state index in [4.69, 9.17) is 15.7 Å².